The summed E-state index contributed by atoms with van der Waals surface area (Å²) in [6.45, 7) is 4.32. The van der Waals surface area contributed by atoms with Gasteiger partial charge in [0.1, 0.15) is 0 Å². The van der Waals surface area contributed by atoms with Crippen molar-refractivity contribution in [2.24, 2.45) is 17.8 Å². The van der Waals surface area contributed by atoms with Gasteiger partial charge in [0, 0.05) is 11.8 Å². The standard InChI is InChI=1S/C16H26O5/c1-3-10-14-12-6-8(5-9(17)7-13(18)19)16(21-12)15(14)11(4-2)20-10/h8-12,14-17H,3-7H2,1-2H3,(H,18,19). The fraction of sp³-hybridized carbons (Fsp3) is 0.938. The number of fused-ring (bicyclic) bond motifs is 5. The number of rotatable bonds is 6. The molecule has 0 spiro atoms. The van der Waals surface area contributed by atoms with Crippen LogP contribution in [0.15, 0.2) is 0 Å². The zero-order chi connectivity index (χ0) is 15.1. The van der Waals surface area contributed by atoms with Gasteiger partial charge in [-0.1, -0.05) is 13.8 Å². The van der Waals surface area contributed by atoms with E-state index in [1.165, 1.54) is 0 Å². The van der Waals surface area contributed by atoms with Crippen LogP contribution in [-0.2, 0) is 14.3 Å². The smallest absolute Gasteiger partial charge is 0.305 e. The molecule has 3 fully saturated rings. The highest BCUT2D eigenvalue weighted by atomic mass is 16.5. The van der Waals surface area contributed by atoms with E-state index >= 15 is 0 Å². The summed E-state index contributed by atoms with van der Waals surface area (Å²) < 4.78 is 12.4. The number of aliphatic carboxylic acids is 1. The van der Waals surface area contributed by atoms with Crippen LogP contribution < -0.4 is 0 Å². The summed E-state index contributed by atoms with van der Waals surface area (Å²) >= 11 is 0. The molecule has 5 heteroatoms. The molecule has 0 amide bonds. The van der Waals surface area contributed by atoms with Crippen molar-refractivity contribution in [3.05, 3.63) is 0 Å². The predicted molar refractivity (Wildman–Crippen MR) is 75.9 cm³/mol. The summed E-state index contributed by atoms with van der Waals surface area (Å²) in [6.07, 6.45) is 3.50. The highest BCUT2D eigenvalue weighted by molar-refractivity contribution is 5.67. The van der Waals surface area contributed by atoms with Crippen LogP contribution in [0.1, 0.15) is 46.0 Å². The number of carboxylic acids is 1. The molecule has 3 saturated heterocycles. The average Bonchev–Trinajstić information content (AvgIpc) is 3.06. The molecule has 0 aromatic carbocycles. The maximum absolute atomic E-state index is 10.7. The first kappa shape index (κ1) is 15.3. The lowest BCUT2D eigenvalue weighted by Gasteiger charge is -2.31. The van der Waals surface area contributed by atoms with Gasteiger partial charge in [-0.2, -0.15) is 0 Å². The van der Waals surface area contributed by atoms with Crippen molar-refractivity contribution < 1.29 is 24.5 Å². The Morgan fingerprint density at radius 2 is 1.86 bits per heavy atom. The Hall–Kier alpha value is -0.650. The molecule has 21 heavy (non-hydrogen) atoms. The number of aliphatic hydroxyl groups is 1. The Labute approximate surface area is 125 Å². The van der Waals surface area contributed by atoms with Crippen LogP contribution in [0.2, 0.25) is 0 Å². The molecule has 3 aliphatic heterocycles. The summed E-state index contributed by atoms with van der Waals surface area (Å²) in [7, 11) is 0. The second-order valence-electron chi connectivity index (χ2n) is 6.81. The monoisotopic (exact) mass is 298 g/mol. The Bertz CT molecular complexity index is 398. The zero-order valence-electron chi connectivity index (χ0n) is 12.8. The van der Waals surface area contributed by atoms with Gasteiger partial charge in [-0.3, -0.25) is 4.79 Å². The molecule has 3 aliphatic rings. The molecule has 0 aromatic rings. The first-order chi connectivity index (χ1) is 10.0. The Morgan fingerprint density at radius 1 is 1.19 bits per heavy atom. The van der Waals surface area contributed by atoms with Gasteiger partial charge in [0.25, 0.3) is 0 Å². The molecular formula is C16H26O5. The Kier molecular flexibility index (Phi) is 4.26. The fourth-order valence-electron chi connectivity index (χ4n) is 4.87. The first-order valence-corrected chi connectivity index (χ1v) is 8.25. The molecule has 5 nitrogen and oxygen atoms in total. The van der Waals surface area contributed by atoms with E-state index in [9.17, 15) is 9.90 Å². The summed E-state index contributed by atoms with van der Waals surface area (Å²) in [5.74, 6) is 0.267. The van der Waals surface area contributed by atoms with Crippen LogP contribution in [-0.4, -0.2) is 46.7 Å². The van der Waals surface area contributed by atoms with Crippen LogP contribution in [0, 0.1) is 17.8 Å². The minimum atomic E-state index is -0.939. The highest BCUT2D eigenvalue weighted by Crippen LogP contribution is 2.56. The molecule has 0 aliphatic carbocycles. The van der Waals surface area contributed by atoms with Crippen LogP contribution in [0.25, 0.3) is 0 Å². The van der Waals surface area contributed by atoms with E-state index in [1.807, 2.05) is 0 Å². The summed E-state index contributed by atoms with van der Waals surface area (Å²) in [6, 6.07) is 0. The maximum Gasteiger partial charge on any atom is 0.305 e. The van der Waals surface area contributed by atoms with Gasteiger partial charge < -0.3 is 19.7 Å². The summed E-state index contributed by atoms with van der Waals surface area (Å²) in [5.41, 5.74) is 0. The number of carbonyl (C=O) groups is 1. The van der Waals surface area contributed by atoms with Gasteiger partial charge in [-0.15, -0.1) is 0 Å². The molecule has 0 saturated carbocycles. The van der Waals surface area contributed by atoms with Crippen molar-refractivity contribution in [3.8, 4) is 0 Å². The topological polar surface area (TPSA) is 76.0 Å². The molecule has 2 N–H and O–H groups in total. The van der Waals surface area contributed by atoms with E-state index in [-0.39, 0.29) is 30.7 Å². The lowest BCUT2D eigenvalue weighted by molar-refractivity contribution is -0.139. The van der Waals surface area contributed by atoms with E-state index in [4.69, 9.17) is 14.6 Å². The summed E-state index contributed by atoms with van der Waals surface area (Å²) in [4.78, 5) is 10.7. The minimum absolute atomic E-state index is 0.143. The number of aliphatic hydroxyl groups excluding tert-OH is 1. The number of carboxylic acid groups (broad SMARTS) is 1. The molecule has 0 radical (unpaired) electrons. The quantitative estimate of drug-likeness (QED) is 0.782. The van der Waals surface area contributed by atoms with Crippen molar-refractivity contribution in [1.82, 2.24) is 0 Å². The highest BCUT2D eigenvalue weighted by Gasteiger charge is 2.61. The van der Waals surface area contributed by atoms with Crippen LogP contribution in [0.3, 0.4) is 0 Å². The zero-order valence-corrected chi connectivity index (χ0v) is 12.8. The van der Waals surface area contributed by atoms with Gasteiger partial charge in [0.2, 0.25) is 0 Å². The predicted octanol–water partition coefficient (Wildman–Crippen LogP) is 1.82. The molecule has 3 heterocycles. The second kappa shape index (κ2) is 5.86. The van der Waals surface area contributed by atoms with Crippen LogP contribution in [0.5, 0.6) is 0 Å². The van der Waals surface area contributed by atoms with Gasteiger partial charge in [-0.05, 0) is 31.6 Å². The SMILES string of the molecule is CCC1OC(CC)C2C3OC(CC3CC(O)CC(=O)O)C12. The summed E-state index contributed by atoms with van der Waals surface area (Å²) in [5, 5.41) is 18.7. The second-order valence-corrected chi connectivity index (χ2v) is 6.81. The van der Waals surface area contributed by atoms with E-state index < -0.39 is 12.1 Å². The molecule has 2 bridgehead atoms. The molecule has 0 aromatic heterocycles. The van der Waals surface area contributed by atoms with E-state index in [2.05, 4.69) is 13.8 Å². The van der Waals surface area contributed by atoms with E-state index in [0.717, 1.165) is 19.3 Å². The third-order valence-corrected chi connectivity index (χ3v) is 5.58. The first-order valence-electron chi connectivity index (χ1n) is 8.25. The van der Waals surface area contributed by atoms with Gasteiger partial charge in [0.05, 0.1) is 36.9 Å². The Balaban J connectivity index is 1.67. The van der Waals surface area contributed by atoms with Gasteiger partial charge in [0.15, 0.2) is 0 Å². The third kappa shape index (κ3) is 2.60. The molecule has 8 atom stereocenters. The lowest BCUT2D eigenvalue weighted by Crippen LogP contribution is -2.38. The van der Waals surface area contributed by atoms with Crippen molar-refractivity contribution >= 4 is 5.97 Å². The van der Waals surface area contributed by atoms with Crippen molar-refractivity contribution in [2.75, 3.05) is 0 Å². The number of hydrogen-bond donors (Lipinski definition) is 2. The van der Waals surface area contributed by atoms with E-state index in [1.54, 1.807) is 0 Å². The van der Waals surface area contributed by atoms with Crippen LogP contribution in [0.4, 0.5) is 0 Å². The van der Waals surface area contributed by atoms with Gasteiger partial charge >= 0.3 is 5.97 Å². The fourth-order valence-corrected chi connectivity index (χ4v) is 4.87. The minimum Gasteiger partial charge on any atom is -0.481 e. The van der Waals surface area contributed by atoms with Crippen molar-refractivity contribution in [2.45, 2.75) is 76.5 Å². The molecule has 3 rings (SSSR count). The van der Waals surface area contributed by atoms with Gasteiger partial charge in [-0.25, -0.2) is 0 Å². The average molecular weight is 298 g/mol. The maximum atomic E-state index is 10.7. The largest absolute Gasteiger partial charge is 0.481 e. The third-order valence-electron chi connectivity index (χ3n) is 5.58. The van der Waals surface area contributed by atoms with Crippen molar-refractivity contribution in [1.29, 1.82) is 0 Å². The lowest BCUT2D eigenvalue weighted by atomic mass is 9.69. The van der Waals surface area contributed by atoms with Crippen molar-refractivity contribution in [3.63, 3.8) is 0 Å². The number of ether oxygens (including phenoxy) is 2. The molecular weight excluding hydrogens is 272 g/mol. The Morgan fingerprint density at radius 3 is 2.48 bits per heavy atom. The molecule has 120 valence electrons. The molecule has 8 unspecified atom stereocenters. The van der Waals surface area contributed by atoms with E-state index in [0.29, 0.717) is 24.4 Å². The normalized spacial score (nSPS) is 45.8. The van der Waals surface area contributed by atoms with Crippen LogP contribution >= 0.6 is 0 Å². The number of hydrogen-bond acceptors (Lipinski definition) is 4.